The fraction of sp³-hybridized carbons (Fsp3) is 0.381. The minimum atomic E-state index is -4.56. The Morgan fingerprint density at radius 1 is 1.15 bits per heavy atom. The van der Waals surface area contributed by atoms with Crippen LogP contribution in [-0.4, -0.2) is 54.9 Å². The average Bonchev–Trinajstić information content (AvgIpc) is 3.32. The topological polar surface area (TPSA) is 88.8 Å². The van der Waals surface area contributed by atoms with Crippen molar-refractivity contribution in [2.45, 2.75) is 32.0 Å². The smallest absolute Gasteiger partial charge is 0.352 e. The number of aromatic nitrogens is 5. The monoisotopic (exact) mass is 481 g/mol. The van der Waals surface area contributed by atoms with Gasteiger partial charge in [0.1, 0.15) is 22.9 Å². The summed E-state index contributed by atoms with van der Waals surface area (Å²) < 4.78 is 67.0. The molecule has 2 aromatic heterocycles. The van der Waals surface area contributed by atoms with Gasteiger partial charge in [-0.15, -0.1) is 0 Å². The van der Waals surface area contributed by atoms with Crippen molar-refractivity contribution in [1.82, 2.24) is 29.9 Å². The second kappa shape index (κ2) is 9.31. The third-order valence-electron chi connectivity index (χ3n) is 5.71. The molecule has 13 heteroatoms. The number of rotatable bonds is 5. The maximum absolute atomic E-state index is 14.8. The molecule has 1 aliphatic heterocycles. The van der Waals surface area contributed by atoms with Gasteiger partial charge in [-0.1, -0.05) is 6.92 Å². The molecule has 1 aliphatic rings. The predicted octanol–water partition coefficient (Wildman–Crippen LogP) is 3.71. The average molecular weight is 481 g/mol. The summed E-state index contributed by atoms with van der Waals surface area (Å²) in [6.45, 7) is 2.35. The van der Waals surface area contributed by atoms with Crippen LogP contribution in [0, 0.1) is 17.6 Å². The van der Waals surface area contributed by atoms with E-state index in [1.54, 1.807) is 0 Å². The van der Waals surface area contributed by atoms with E-state index in [1.165, 1.54) is 17.3 Å². The van der Waals surface area contributed by atoms with E-state index in [2.05, 4.69) is 25.5 Å². The molecule has 1 amide bonds. The van der Waals surface area contributed by atoms with Crippen LogP contribution >= 0.6 is 0 Å². The molecule has 2 atom stereocenters. The van der Waals surface area contributed by atoms with E-state index in [4.69, 9.17) is 0 Å². The molecule has 0 saturated carbocycles. The number of halogens is 5. The number of nitrogens with one attached hydrogen (secondary N) is 1. The highest BCUT2D eigenvalue weighted by atomic mass is 19.4. The molecule has 0 bridgehead atoms. The molecule has 8 nitrogen and oxygen atoms in total. The van der Waals surface area contributed by atoms with Crippen molar-refractivity contribution >= 4 is 11.9 Å². The van der Waals surface area contributed by atoms with E-state index < -0.39 is 35.3 Å². The third kappa shape index (κ3) is 4.82. The van der Waals surface area contributed by atoms with Gasteiger partial charge in [0.25, 0.3) is 5.91 Å². The Hall–Kier alpha value is -3.64. The van der Waals surface area contributed by atoms with Crippen molar-refractivity contribution in [3.63, 3.8) is 0 Å². The van der Waals surface area contributed by atoms with Crippen LogP contribution in [0.3, 0.4) is 0 Å². The third-order valence-corrected chi connectivity index (χ3v) is 5.71. The zero-order valence-corrected chi connectivity index (χ0v) is 17.9. The first-order valence-electron chi connectivity index (χ1n) is 10.4. The molecule has 180 valence electrons. The fourth-order valence-corrected chi connectivity index (χ4v) is 3.99. The van der Waals surface area contributed by atoms with Gasteiger partial charge >= 0.3 is 6.18 Å². The first kappa shape index (κ1) is 23.5. The van der Waals surface area contributed by atoms with E-state index in [-0.39, 0.29) is 29.7 Å². The lowest BCUT2D eigenvalue weighted by Gasteiger charge is -2.40. The maximum Gasteiger partial charge on any atom is 0.419 e. The standard InChI is InChI=1S/C21H20F5N7O/c1-12-3-2-6-32(17(12)11-29-20-27-9-13(10-28-20)21(24,25)26)19(34)18-15(23)7-14(22)8-16(18)33-30-4-5-31-33/h4-5,7-10,12,17H,2-3,6,11H2,1H3,(H,27,28,29)/t12-,17-/m1/s1. The van der Waals surface area contributed by atoms with Gasteiger partial charge in [-0.3, -0.25) is 4.79 Å². The van der Waals surface area contributed by atoms with Gasteiger partial charge in [0.15, 0.2) is 0 Å². The number of benzene rings is 1. The highest BCUT2D eigenvalue weighted by Gasteiger charge is 2.35. The largest absolute Gasteiger partial charge is 0.419 e. The molecule has 4 rings (SSSR count). The first-order valence-corrected chi connectivity index (χ1v) is 10.4. The summed E-state index contributed by atoms with van der Waals surface area (Å²) in [5.74, 6) is -2.65. The SMILES string of the molecule is C[C@@H]1CCCN(C(=O)c2c(F)cc(F)cc2-n2nccn2)[C@@H]1CNc1ncc(C(F)(F)F)cn1. The molecule has 1 N–H and O–H groups in total. The van der Waals surface area contributed by atoms with Crippen LogP contribution in [0.4, 0.5) is 27.9 Å². The Labute approximate surface area is 190 Å². The second-order valence-electron chi connectivity index (χ2n) is 7.96. The Morgan fingerprint density at radius 3 is 2.47 bits per heavy atom. The number of hydrogen-bond acceptors (Lipinski definition) is 6. The first-order chi connectivity index (χ1) is 16.1. The number of likely N-dealkylation sites (tertiary alicyclic amines) is 1. The van der Waals surface area contributed by atoms with Crippen LogP contribution < -0.4 is 5.32 Å². The van der Waals surface area contributed by atoms with E-state index in [9.17, 15) is 26.7 Å². The van der Waals surface area contributed by atoms with Crippen LogP contribution in [0.1, 0.15) is 35.7 Å². The van der Waals surface area contributed by atoms with E-state index >= 15 is 0 Å². The van der Waals surface area contributed by atoms with Gasteiger partial charge in [-0.05, 0) is 18.8 Å². The molecular formula is C21H20F5N7O. The van der Waals surface area contributed by atoms with Crippen LogP contribution in [0.15, 0.2) is 36.9 Å². The summed E-state index contributed by atoms with van der Waals surface area (Å²) in [7, 11) is 0. The minimum Gasteiger partial charge on any atom is -0.352 e. The van der Waals surface area contributed by atoms with Crippen molar-refractivity contribution in [3.8, 4) is 5.69 Å². The normalized spacial score (nSPS) is 18.7. The van der Waals surface area contributed by atoms with Crippen LogP contribution in [0.2, 0.25) is 0 Å². The summed E-state index contributed by atoms with van der Waals surface area (Å²) >= 11 is 0. The van der Waals surface area contributed by atoms with E-state index in [0.717, 1.165) is 17.3 Å². The van der Waals surface area contributed by atoms with E-state index in [0.29, 0.717) is 31.4 Å². The summed E-state index contributed by atoms with van der Waals surface area (Å²) in [6.07, 6.45) is 0.856. The van der Waals surface area contributed by atoms with Crippen molar-refractivity contribution < 1.29 is 26.7 Å². The van der Waals surface area contributed by atoms with Crippen LogP contribution in [0.5, 0.6) is 0 Å². The number of nitrogens with zero attached hydrogens (tertiary/aromatic N) is 6. The zero-order chi connectivity index (χ0) is 24.5. The highest BCUT2D eigenvalue weighted by molar-refractivity contribution is 5.98. The molecule has 0 spiro atoms. The number of anilines is 1. The second-order valence-corrected chi connectivity index (χ2v) is 7.96. The lowest BCUT2D eigenvalue weighted by Crippen LogP contribution is -2.51. The number of carbonyl (C=O) groups excluding carboxylic acids is 1. The summed E-state index contributed by atoms with van der Waals surface area (Å²) in [5.41, 5.74) is -1.49. The molecular weight excluding hydrogens is 461 g/mol. The van der Waals surface area contributed by atoms with Gasteiger partial charge in [-0.2, -0.15) is 28.2 Å². The van der Waals surface area contributed by atoms with Gasteiger partial charge in [0.05, 0.1) is 24.0 Å². The van der Waals surface area contributed by atoms with Gasteiger partial charge < -0.3 is 10.2 Å². The van der Waals surface area contributed by atoms with Crippen molar-refractivity contribution in [1.29, 1.82) is 0 Å². The minimum absolute atomic E-state index is 0.0190. The van der Waals surface area contributed by atoms with Crippen LogP contribution in [-0.2, 0) is 6.18 Å². The summed E-state index contributed by atoms with van der Waals surface area (Å²) in [5, 5.41) is 10.6. The molecule has 3 aromatic rings. The Kier molecular flexibility index (Phi) is 6.44. The van der Waals surface area contributed by atoms with Crippen LogP contribution in [0.25, 0.3) is 5.69 Å². The molecule has 1 aromatic carbocycles. The Bertz CT molecular complexity index is 1150. The Balaban J connectivity index is 1.59. The van der Waals surface area contributed by atoms with Gasteiger partial charge in [-0.25, -0.2) is 18.7 Å². The van der Waals surface area contributed by atoms with Crippen molar-refractivity contribution in [3.05, 3.63) is 59.7 Å². The summed E-state index contributed by atoms with van der Waals surface area (Å²) in [4.78, 5) is 23.3. The number of amides is 1. The number of piperidine rings is 1. The maximum atomic E-state index is 14.8. The molecule has 1 fully saturated rings. The summed E-state index contributed by atoms with van der Waals surface area (Å²) in [6, 6.07) is 1.15. The number of carbonyl (C=O) groups is 1. The van der Waals surface area contributed by atoms with Gasteiger partial charge in [0.2, 0.25) is 5.95 Å². The number of hydrogen-bond donors (Lipinski definition) is 1. The molecule has 0 unspecified atom stereocenters. The molecule has 1 saturated heterocycles. The van der Waals surface area contributed by atoms with Crippen molar-refractivity contribution in [2.24, 2.45) is 5.92 Å². The quantitative estimate of drug-likeness (QED) is 0.559. The lowest BCUT2D eigenvalue weighted by molar-refractivity contribution is -0.138. The number of alkyl halides is 3. The molecule has 0 aliphatic carbocycles. The Morgan fingerprint density at radius 2 is 1.82 bits per heavy atom. The molecule has 34 heavy (non-hydrogen) atoms. The lowest BCUT2D eigenvalue weighted by atomic mass is 9.90. The molecule has 3 heterocycles. The van der Waals surface area contributed by atoms with Gasteiger partial charge in [0, 0.05) is 37.6 Å². The highest BCUT2D eigenvalue weighted by Crippen LogP contribution is 2.30. The fourth-order valence-electron chi connectivity index (χ4n) is 3.99. The van der Waals surface area contributed by atoms with Crippen molar-refractivity contribution in [2.75, 3.05) is 18.4 Å². The zero-order valence-electron chi connectivity index (χ0n) is 17.9. The van der Waals surface area contributed by atoms with E-state index in [1.807, 2.05) is 6.92 Å². The predicted molar refractivity (Wildman–Crippen MR) is 110 cm³/mol. The molecule has 0 radical (unpaired) electrons.